The number of aliphatic hydroxyl groups excluding tert-OH is 1. The molecule has 0 aromatic heterocycles. The Morgan fingerprint density at radius 2 is 1.13 bits per heavy atom. The summed E-state index contributed by atoms with van der Waals surface area (Å²) in [6, 6.07) is 0. The van der Waals surface area contributed by atoms with Crippen LogP contribution in [0, 0.1) is 0 Å². The highest BCUT2D eigenvalue weighted by Gasteiger charge is 2.25. The SMILES string of the molecule is CC(=O)CCCO.CC1(O)CCCO1.CC1OCCCC(C)(C)OCCO1.CC1OCCOC(C)OCCO1. The number of aliphatic hydroxyl groups is 2. The van der Waals surface area contributed by atoms with Crippen LogP contribution in [0.1, 0.15) is 87.0 Å². The van der Waals surface area contributed by atoms with Crippen LogP contribution in [0.4, 0.5) is 0 Å². The monoisotopic (exact) mass is 568 g/mol. The van der Waals surface area contributed by atoms with Gasteiger partial charge in [0, 0.05) is 26.1 Å². The van der Waals surface area contributed by atoms with E-state index in [4.69, 9.17) is 48.1 Å². The summed E-state index contributed by atoms with van der Waals surface area (Å²) in [7, 11) is 0. The van der Waals surface area contributed by atoms with Gasteiger partial charge in [0.25, 0.3) is 0 Å². The van der Waals surface area contributed by atoms with E-state index in [2.05, 4.69) is 13.8 Å². The Hall–Kier alpha value is -0.730. The Morgan fingerprint density at radius 1 is 0.692 bits per heavy atom. The van der Waals surface area contributed by atoms with Gasteiger partial charge >= 0.3 is 0 Å². The zero-order chi connectivity index (χ0) is 29.6. The maximum Gasteiger partial charge on any atom is 0.162 e. The maximum absolute atomic E-state index is 10.1. The van der Waals surface area contributed by atoms with Crippen LogP contribution in [0.25, 0.3) is 0 Å². The van der Waals surface area contributed by atoms with Crippen molar-refractivity contribution in [2.45, 2.75) is 117 Å². The number of hydrogen-bond donors (Lipinski definition) is 2. The van der Waals surface area contributed by atoms with Crippen molar-refractivity contribution in [2.75, 3.05) is 59.5 Å². The summed E-state index contributed by atoms with van der Waals surface area (Å²) in [4.78, 5) is 10.1. The first kappa shape index (κ1) is 38.3. The fourth-order valence-electron chi connectivity index (χ4n) is 3.44. The average Bonchev–Trinajstić information content (AvgIpc) is 3.28. The summed E-state index contributed by atoms with van der Waals surface area (Å²) in [5, 5.41) is 17.1. The van der Waals surface area contributed by atoms with Crippen LogP contribution in [0.15, 0.2) is 0 Å². The Kier molecular flexibility index (Phi) is 22.5. The number of carbonyl (C=O) groups is 1. The molecule has 3 aliphatic rings. The minimum Gasteiger partial charge on any atom is -0.396 e. The standard InChI is InChI=1S/C10H20O3.C8H16O4.2C5H10O2/c1-9-11-6-4-5-10(2,3)13-8-7-12-9;1-7-9-3-5-11-8(2)12-6-4-10-7;1-5(6)3-2-4-7-5;1-5(7)3-2-4-6/h9H,4-8H2,1-3H3;7-8H,3-6H2,1-2H3;2*6H,2-4H2,1H3. The van der Waals surface area contributed by atoms with E-state index in [0.717, 1.165) is 32.3 Å². The second-order valence-electron chi connectivity index (χ2n) is 10.3. The van der Waals surface area contributed by atoms with Crippen molar-refractivity contribution < 1.29 is 52.9 Å². The van der Waals surface area contributed by atoms with Gasteiger partial charge in [-0.25, -0.2) is 0 Å². The van der Waals surface area contributed by atoms with Crippen LogP contribution >= 0.6 is 0 Å². The van der Waals surface area contributed by atoms with Gasteiger partial charge < -0.3 is 52.9 Å². The lowest BCUT2D eigenvalue weighted by Crippen LogP contribution is -2.29. The first-order chi connectivity index (χ1) is 18.4. The predicted octanol–water partition coefficient (Wildman–Crippen LogP) is 3.57. The highest BCUT2D eigenvalue weighted by atomic mass is 16.7. The van der Waals surface area contributed by atoms with Crippen LogP contribution in [0.5, 0.6) is 0 Å². The van der Waals surface area contributed by atoms with Gasteiger partial charge in [0.2, 0.25) is 0 Å². The summed E-state index contributed by atoms with van der Waals surface area (Å²) < 4.78 is 42.4. The molecule has 3 heterocycles. The van der Waals surface area contributed by atoms with E-state index in [-0.39, 0.29) is 36.9 Å². The average molecular weight is 569 g/mol. The molecule has 0 radical (unpaired) electrons. The van der Waals surface area contributed by atoms with Gasteiger partial charge in [-0.15, -0.1) is 0 Å². The summed E-state index contributed by atoms with van der Waals surface area (Å²) in [6.45, 7) is 18.2. The Bertz CT molecular complexity index is 538. The van der Waals surface area contributed by atoms with Gasteiger partial charge in [-0.1, -0.05) is 0 Å². The molecule has 2 unspecified atom stereocenters. The molecule has 3 aliphatic heterocycles. The molecule has 2 N–H and O–H groups in total. The molecular weight excluding hydrogens is 512 g/mol. The predicted molar refractivity (Wildman–Crippen MR) is 146 cm³/mol. The van der Waals surface area contributed by atoms with Gasteiger partial charge in [-0.05, 0) is 74.1 Å². The normalized spacial score (nSPS) is 30.1. The quantitative estimate of drug-likeness (QED) is 0.518. The molecule has 0 amide bonds. The van der Waals surface area contributed by atoms with Crippen molar-refractivity contribution in [2.24, 2.45) is 0 Å². The third-order valence-electron chi connectivity index (χ3n) is 5.67. The van der Waals surface area contributed by atoms with Gasteiger partial charge in [0.05, 0.1) is 51.8 Å². The molecule has 0 saturated carbocycles. The molecule has 0 spiro atoms. The largest absolute Gasteiger partial charge is 0.396 e. The van der Waals surface area contributed by atoms with Crippen LogP contribution < -0.4 is 0 Å². The molecule has 3 saturated heterocycles. The fraction of sp³-hybridized carbons (Fsp3) is 0.964. The van der Waals surface area contributed by atoms with E-state index in [1.54, 1.807) is 6.92 Å². The number of ether oxygens (including phenoxy) is 8. The summed E-state index contributed by atoms with van der Waals surface area (Å²) >= 11 is 0. The fourth-order valence-corrected chi connectivity index (χ4v) is 3.44. The molecule has 11 nitrogen and oxygen atoms in total. The van der Waals surface area contributed by atoms with Crippen LogP contribution in [-0.2, 0) is 42.7 Å². The molecule has 3 rings (SSSR count). The van der Waals surface area contributed by atoms with Crippen molar-refractivity contribution in [3.8, 4) is 0 Å². The van der Waals surface area contributed by atoms with E-state index in [1.807, 2.05) is 20.8 Å². The first-order valence-corrected chi connectivity index (χ1v) is 14.2. The van der Waals surface area contributed by atoms with Crippen molar-refractivity contribution in [1.29, 1.82) is 0 Å². The molecule has 0 aromatic carbocycles. The van der Waals surface area contributed by atoms with Crippen molar-refractivity contribution in [3.63, 3.8) is 0 Å². The highest BCUT2D eigenvalue weighted by Crippen LogP contribution is 2.20. The Balaban J connectivity index is 0.000000513. The number of ketones is 1. The number of hydrogen-bond acceptors (Lipinski definition) is 11. The van der Waals surface area contributed by atoms with E-state index in [9.17, 15) is 4.79 Å². The molecule has 39 heavy (non-hydrogen) atoms. The van der Waals surface area contributed by atoms with Crippen molar-refractivity contribution >= 4 is 5.78 Å². The smallest absolute Gasteiger partial charge is 0.162 e. The van der Waals surface area contributed by atoms with Crippen LogP contribution in [0.3, 0.4) is 0 Å². The molecule has 0 aromatic rings. The third kappa shape index (κ3) is 25.9. The van der Waals surface area contributed by atoms with Crippen molar-refractivity contribution in [1.82, 2.24) is 0 Å². The summed E-state index contributed by atoms with van der Waals surface area (Å²) in [5.74, 6) is -0.658. The zero-order valence-electron chi connectivity index (χ0n) is 25.4. The number of Topliss-reactive ketones (excluding diaryl/α,β-unsaturated/α-hetero) is 1. The molecule has 0 aliphatic carbocycles. The second-order valence-corrected chi connectivity index (χ2v) is 10.3. The maximum atomic E-state index is 10.1. The van der Waals surface area contributed by atoms with Crippen LogP contribution in [0.2, 0.25) is 0 Å². The lowest BCUT2D eigenvalue weighted by atomic mass is 10.0. The summed E-state index contributed by atoms with van der Waals surface area (Å²) in [6.07, 6.45) is 4.55. The minimum absolute atomic E-state index is 0.0344. The molecule has 3 fully saturated rings. The lowest BCUT2D eigenvalue weighted by molar-refractivity contribution is -0.204. The van der Waals surface area contributed by atoms with E-state index >= 15 is 0 Å². The van der Waals surface area contributed by atoms with E-state index in [1.165, 1.54) is 6.92 Å². The van der Waals surface area contributed by atoms with E-state index in [0.29, 0.717) is 59.1 Å². The topological polar surface area (TPSA) is 131 Å². The van der Waals surface area contributed by atoms with Crippen LogP contribution in [-0.4, -0.2) is 106 Å². The molecule has 2 atom stereocenters. The first-order valence-electron chi connectivity index (χ1n) is 14.2. The molecular formula is C28H56O11. The minimum atomic E-state index is -0.806. The van der Waals surface area contributed by atoms with E-state index < -0.39 is 5.79 Å². The molecule has 0 bridgehead atoms. The van der Waals surface area contributed by atoms with Gasteiger partial charge in [0.15, 0.2) is 24.7 Å². The Labute approximate surface area is 235 Å². The second kappa shape index (κ2) is 22.9. The van der Waals surface area contributed by atoms with Crippen molar-refractivity contribution in [3.05, 3.63) is 0 Å². The van der Waals surface area contributed by atoms with Gasteiger partial charge in [-0.3, -0.25) is 0 Å². The third-order valence-corrected chi connectivity index (χ3v) is 5.67. The summed E-state index contributed by atoms with van der Waals surface area (Å²) in [5.41, 5.74) is -0.0344. The molecule has 11 heteroatoms. The number of carbonyl (C=O) groups excluding carboxylic acids is 1. The zero-order valence-corrected chi connectivity index (χ0v) is 25.4. The van der Waals surface area contributed by atoms with Gasteiger partial charge in [-0.2, -0.15) is 0 Å². The van der Waals surface area contributed by atoms with Gasteiger partial charge in [0.1, 0.15) is 5.78 Å². The number of rotatable bonds is 3. The highest BCUT2D eigenvalue weighted by molar-refractivity contribution is 5.75. The molecule has 234 valence electrons. The lowest BCUT2D eigenvalue weighted by Gasteiger charge is -2.27. The Morgan fingerprint density at radius 3 is 1.46 bits per heavy atom.